The van der Waals surface area contributed by atoms with Crippen LogP contribution in [0.4, 0.5) is 4.39 Å². The van der Waals surface area contributed by atoms with Crippen LogP contribution in [0.5, 0.6) is 0 Å². The molecule has 0 atom stereocenters. The van der Waals surface area contributed by atoms with Crippen LogP contribution in [-0.2, 0) is 0 Å². The first-order chi connectivity index (χ1) is 8.95. The molecule has 0 heterocycles. The summed E-state index contributed by atoms with van der Waals surface area (Å²) in [7, 11) is 0. The van der Waals surface area contributed by atoms with Crippen LogP contribution in [0, 0.1) is 5.82 Å². The zero-order valence-electron chi connectivity index (χ0n) is 9.18. The van der Waals surface area contributed by atoms with Gasteiger partial charge in [-0.15, -0.1) is 0 Å². The van der Waals surface area contributed by atoms with Crippen LogP contribution < -0.4 is 0 Å². The monoisotopic (exact) mass is 336 g/mol. The number of halogens is 5. The summed E-state index contributed by atoms with van der Waals surface area (Å²) in [5, 5.41) is 0.723. The van der Waals surface area contributed by atoms with Crippen LogP contribution in [0.15, 0.2) is 24.3 Å². The van der Waals surface area contributed by atoms with Crippen molar-refractivity contribution in [3.05, 3.63) is 55.7 Å². The third kappa shape index (κ3) is 2.72. The third-order valence-electron chi connectivity index (χ3n) is 2.53. The molecule has 0 saturated heterocycles. The lowest BCUT2D eigenvalue weighted by molar-refractivity contribution is 0.112. The van der Waals surface area contributed by atoms with Gasteiger partial charge in [0.1, 0.15) is 5.82 Å². The second-order valence-corrected chi connectivity index (χ2v) is 5.29. The molecule has 0 N–H and O–H groups in total. The van der Waals surface area contributed by atoms with Gasteiger partial charge in [0.15, 0.2) is 6.29 Å². The van der Waals surface area contributed by atoms with Gasteiger partial charge in [-0.25, -0.2) is 4.39 Å². The smallest absolute Gasteiger partial charge is 0.151 e. The first-order valence-corrected chi connectivity index (χ1v) is 6.55. The second kappa shape index (κ2) is 5.68. The first kappa shape index (κ1) is 14.6. The van der Waals surface area contributed by atoms with Gasteiger partial charge in [0.2, 0.25) is 0 Å². The van der Waals surface area contributed by atoms with Gasteiger partial charge in [0.05, 0.1) is 20.1 Å². The molecule has 0 bridgehead atoms. The average molecular weight is 338 g/mol. The Hall–Kier alpha value is -0.800. The van der Waals surface area contributed by atoms with Crippen molar-refractivity contribution in [3.8, 4) is 11.1 Å². The number of hydrogen-bond donors (Lipinski definition) is 0. The quantitative estimate of drug-likeness (QED) is 0.491. The van der Waals surface area contributed by atoms with Crippen LogP contribution in [0.2, 0.25) is 20.1 Å². The summed E-state index contributed by atoms with van der Waals surface area (Å²) in [6.45, 7) is 0. The van der Waals surface area contributed by atoms with E-state index in [0.717, 1.165) is 6.07 Å². The summed E-state index contributed by atoms with van der Waals surface area (Å²) in [5.41, 5.74) is 0.387. The molecular weight excluding hydrogens is 333 g/mol. The maximum Gasteiger partial charge on any atom is 0.151 e. The van der Waals surface area contributed by atoms with Crippen molar-refractivity contribution in [3.63, 3.8) is 0 Å². The number of aldehydes is 1. The van der Waals surface area contributed by atoms with E-state index >= 15 is 0 Å². The summed E-state index contributed by atoms with van der Waals surface area (Å²) >= 11 is 23.8. The highest BCUT2D eigenvalue weighted by Gasteiger charge is 2.17. The Bertz CT molecular complexity index is 670. The maximum absolute atomic E-state index is 14.0. The van der Waals surface area contributed by atoms with Gasteiger partial charge in [0.25, 0.3) is 0 Å². The molecule has 0 aliphatic rings. The van der Waals surface area contributed by atoms with Crippen molar-refractivity contribution < 1.29 is 9.18 Å². The third-order valence-corrected chi connectivity index (χ3v) is 3.97. The molecule has 1 nitrogen and oxygen atoms in total. The summed E-state index contributed by atoms with van der Waals surface area (Å²) in [6.07, 6.45) is 0.469. The lowest BCUT2D eigenvalue weighted by Gasteiger charge is -2.11. The van der Waals surface area contributed by atoms with Crippen LogP contribution >= 0.6 is 46.4 Å². The predicted octanol–water partition coefficient (Wildman–Crippen LogP) is 5.92. The minimum atomic E-state index is -0.655. The van der Waals surface area contributed by atoms with Gasteiger partial charge in [-0.1, -0.05) is 46.4 Å². The van der Waals surface area contributed by atoms with Crippen molar-refractivity contribution in [2.75, 3.05) is 0 Å². The number of benzene rings is 2. The molecular formula is C13H5Cl4FO. The van der Waals surface area contributed by atoms with E-state index in [9.17, 15) is 9.18 Å². The van der Waals surface area contributed by atoms with Crippen molar-refractivity contribution in [2.24, 2.45) is 0 Å². The predicted molar refractivity (Wildman–Crippen MR) is 77.3 cm³/mol. The molecule has 0 radical (unpaired) electrons. The van der Waals surface area contributed by atoms with E-state index in [-0.39, 0.29) is 36.8 Å². The standard InChI is InChI=1S/C13H5Cl4FO/c14-8-1-2-9(15)13(17)12(8)7-4-10(16)6(5-19)3-11(7)18/h1-5H. The SMILES string of the molecule is O=Cc1cc(F)c(-c2c(Cl)ccc(Cl)c2Cl)cc1Cl. The molecule has 0 unspecified atom stereocenters. The molecule has 6 heteroatoms. The van der Waals surface area contributed by atoms with E-state index in [0.29, 0.717) is 6.29 Å². The minimum absolute atomic E-state index is 0.0530. The molecule has 0 saturated carbocycles. The molecule has 2 rings (SSSR count). The first-order valence-electron chi connectivity index (χ1n) is 5.03. The van der Waals surface area contributed by atoms with Gasteiger partial charge in [-0.2, -0.15) is 0 Å². The van der Waals surface area contributed by atoms with Crippen molar-refractivity contribution in [1.29, 1.82) is 0 Å². The summed E-state index contributed by atoms with van der Waals surface area (Å²) < 4.78 is 14.0. The molecule has 0 aliphatic heterocycles. The van der Waals surface area contributed by atoms with Crippen LogP contribution in [0.25, 0.3) is 11.1 Å². The van der Waals surface area contributed by atoms with Crippen LogP contribution in [0.3, 0.4) is 0 Å². The number of hydrogen-bond acceptors (Lipinski definition) is 1. The lowest BCUT2D eigenvalue weighted by Crippen LogP contribution is -1.92. The zero-order valence-corrected chi connectivity index (χ0v) is 12.2. The summed E-state index contributed by atoms with van der Waals surface area (Å²) in [5.74, 6) is -0.655. The van der Waals surface area contributed by atoms with Crippen LogP contribution in [-0.4, -0.2) is 6.29 Å². The summed E-state index contributed by atoms with van der Waals surface area (Å²) in [4.78, 5) is 10.7. The topological polar surface area (TPSA) is 17.1 Å². The highest BCUT2D eigenvalue weighted by atomic mass is 35.5. The molecule has 0 amide bonds. The molecule has 0 aromatic heterocycles. The number of carbonyl (C=O) groups excluding carboxylic acids is 1. The van der Waals surface area contributed by atoms with Gasteiger partial charge in [0, 0.05) is 16.7 Å². The molecule has 0 fully saturated rings. The molecule has 2 aromatic rings. The largest absolute Gasteiger partial charge is 0.298 e. The normalized spacial score (nSPS) is 10.6. The average Bonchev–Trinajstić information content (AvgIpc) is 2.38. The Labute approximate surface area is 128 Å². The number of rotatable bonds is 2. The van der Waals surface area contributed by atoms with Crippen molar-refractivity contribution >= 4 is 52.7 Å². The van der Waals surface area contributed by atoms with E-state index in [1.807, 2.05) is 0 Å². The van der Waals surface area contributed by atoms with Gasteiger partial charge >= 0.3 is 0 Å². The van der Waals surface area contributed by atoms with Gasteiger partial charge in [-0.3, -0.25) is 4.79 Å². The molecule has 19 heavy (non-hydrogen) atoms. The highest BCUT2D eigenvalue weighted by Crippen LogP contribution is 2.41. The minimum Gasteiger partial charge on any atom is -0.298 e. The van der Waals surface area contributed by atoms with Gasteiger partial charge < -0.3 is 0 Å². The fourth-order valence-electron chi connectivity index (χ4n) is 1.62. The molecule has 0 aliphatic carbocycles. The zero-order chi connectivity index (χ0) is 14.2. The summed E-state index contributed by atoms with van der Waals surface area (Å²) in [6, 6.07) is 5.34. The molecule has 2 aromatic carbocycles. The fourth-order valence-corrected chi connectivity index (χ4v) is 2.56. The molecule has 98 valence electrons. The van der Waals surface area contributed by atoms with Crippen molar-refractivity contribution in [2.45, 2.75) is 0 Å². The van der Waals surface area contributed by atoms with E-state index in [1.54, 1.807) is 0 Å². The molecule has 0 spiro atoms. The van der Waals surface area contributed by atoms with E-state index < -0.39 is 5.82 Å². The lowest BCUT2D eigenvalue weighted by atomic mass is 10.0. The highest BCUT2D eigenvalue weighted by molar-refractivity contribution is 6.46. The van der Waals surface area contributed by atoms with Gasteiger partial charge in [-0.05, 0) is 24.3 Å². The Morgan fingerprint density at radius 1 is 0.947 bits per heavy atom. The van der Waals surface area contributed by atoms with E-state index in [2.05, 4.69) is 0 Å². The van der Waals surface area contributed by atoms with Crippen molar-refractivity contribution in [1.82, 2.24) is 0 Å². The van der Waals surface area contributed by atoms with E-state index in [4.69, 9.17) is 46.4 Å². The Morgan fingerprint density at radius 3 is 2.21 bits per heavy atom. The van der Waals surface area contributed by atoms with E-state index in [1.165, 1.54) is 18.2 Å². The number of carbonyl (C=O) groups is 1. The Balaban J connectivity index is 2.76. The fraction of sp³-hybridized carbons (Fsp3) is 0. The Morgan fingerprint density at radius 2 is 1.58 bits per heavy atom. The van der Waals surface area contributed by atoms with Crippen LogP contribution in [0.1, 0.15) is 10.4 Å². The maximum atomic E-state index is 14.0. The second-order valence-electron chi connectivity index (χ2n) is 3.69. The Kier molecular flexibility index (Phi) is 4.36.